The summed E-state index contributed by atoms with van der Waals surface area (Å²) < 4.78 is 30.9. The highest BCUT2D eigenvalue weighted by Gasteiger charge is 2.15. The molecule has 2 heterocycles. The topological polar surface area (TPSA) is 105 Å². The van der Waals surface area contributed by atoms with Gasteiger partial charge in [-0.05, 0) is 47.3 Å². The normalized spacial score (nSPS) is 11.8. The van der Waals surface area contributed by atoms with Crippen LogP contribution in [0.3, 0.4) is 0 Å². The zero-order valence-electron chi connectivity index (χ0n) is 18.7. The third-order valence-corrected chi connectivity index (χ3v) is 7.46. The maximum atomic E-state index is 12.8. The lowest BCUT2D eigenvalue weighted by atomic mass is 10.1. The monoisotopic (exact) mass is 484 g/mol. The smallest absolute Gasteiger partial charge is 0.265 e. The maximum absolute atomic E-state index is 12.8. The largest absolute Gasteiger partial charge is 0.339 e. The van der Waals surface area contributed by atoms with Crippen LogP contribution in [0.2, 0.25) is 0 Å². The van der Waals surface area contributed by atoms with Crippen LogP contribution in [0.4, 0.5) is 11.4 Å². The van der Waals surface area contributed by atoms with Crippen LogP contribution in [0.5, 0.6) is 0 Å². The molecule has 0 saturated heterocycles. The minimum Gasteiger partial charge on any atom is -0.339 e. The highest BCUT2D eigenvalue weighted by Crippen LogP contribution is 2.30. The number of aromatic nitrogens is 2. The van der Waals surface area contributed by atoms with Gasteiger partial charge in [-0.25, -0.2) is 8.42 Å². The summed E-state index contributed by atoms with van der Waals surface area (Å²) in [4.78, 5) is 17.7. The Morgan fingerprint density at radius 1 is 1.15 bits per heavy atom. The Hall–Kier alpha value is -3.24. The number of rotatable bonds is 7. The number of hydrogen-bond acceptors (Lipinski definition) is 7. The first-order valence-electron chi connectivity index (χ1n) is 10.3. The van der Waals surface area contributed by atoms with Crippen molar-refractivity contribution in [2.24, 2.45) is 0 Å². The molecule has 1 amide bonds. The lowest BCUT2D eigenvalue weighted by Gasteiger charge is -2.16. The van der Waals surface area contributed by atoms with Crippen LogP contribution in [0.25, 0.3) is 10.1 Å². The number of carbonyl (C=O) groups is 1. The van der Waals surface area contributed by atoms with Crippen LogP contribution in [0.1, 0.15) is 46.7 Å². The number of fused-ring (bicyclic) bond motifs is 1. The van der Waals surface area contributed by atoms with Gasteiger partial charge in [0.25, 0.3) is 5.91 Å². The predicted molar refractivity (Wildman–Crippen MR) is 131 cm³/mol. The second-order valence-corrected chi connectivity index (χ2v) is 11.2. The number of thiophene rings is 1. The van der Waals surface area contributed by atoms with E-state index < -0.39 is 10.0 Å². The second-order valence-electron chi connectivity index (χ2n) is 8.09. The molecule has 4 aromatic rings. The van der Waals surface area contributed by atoms with E-state index in [4.69, 9.17) is 4.52 Å². The van der Waals surface area contributed by atoms with Crippen LogP contribution >= 0.6 is 11.3 Å². The van der Waals surface area contributed by atoms with Crippen LogP contribution < -0.4 is 9.62 Å². The molecule has 4 rings (SSSR count). The van der Waals surface area contributed by atoms with Gasteiger partial charge in [-0.1, -0.05) is 31.1 Å². The quantitative estimate of drug-likeness (QED) is 0.409. The number of hydrogen-bond donors (Lipinski definition) is 1. The highest BCUT2D eigenvalue weighted by molar-refractivity contribution is 7.92. The summed E-state index contributed by atoms with van der Waals surface area (Å²) in [5, 5.41) is 7.72. The van der Waals surface area contributed by atoms with E-state index in [1.165, 1.54) is 22.7 Å². The van der Waals surface area contributed by atoms with Gasteiger partial charge in [-0.3, -0.25) is 9.10 Å². The van der Waals surface area contributed by atoms with Crippen molar-refractivity contribution in [2.45, 2.75) is 26.2 Å². The van der Waals surface area contributed by atoms with E-state index >= 15 is 0 Å². The Kier molecular flexibility index (Phi) is 6.22. The first-order chi connectivity index (χ1) is 15.6. The fraction of sp³-hybridized carbons (Fsp3) is 0.261. The van der Waals surface area contributed by atoms with Crippen molar-refractivity contribution < 1.29 is 17.7 Å². The highest BCUT2D eigenvalue weighted by atomic mass is 32.2. The third kappa shape index (κ3) is 5.23. The number of nitrogens with one attached hydrogen (secondary N) is 1. The molecule has 0 aliphatic heterocycles. The standard InChI is InChI=1S/C23H24N4O4S2/c1-14(2)23-25-21(26-31-23)11-15-5-7-17(8-6-15)24-22(28)20-13-16-12-18(9-10-19(16)32-20)27(3)33(4,29)30/h5-10,12-14H,11H2,1-4H3,(H,24,28). The Balaban J connectivity index is 1.45. The van der Waals surface area contributed by atoms with Gasteiger partial charge in [0.2, 0.25) is 15.9 Å². The Labute approximate surface area is 196 Å². The van der Waals surface area contributed by atoms with Crippen molar-refractivity contribution in [1.82, 2.24) is 10.1 Å². The van der Waals surface area contributed by atoms with E-state index in [1.54, 1.807) is 18.2 Å². The number of amides is 1. The lowest BCUT2D eigenvalue weighted by molar-refractivity contribution is 0.103. The molecule has 0 radical (unpaired) electrons. The number of sulfonamides is 1. The number of anilines is 2. The summed E-state index contributed by atoms with van der Waals surface area (Å²) in [5.74, 6) is 1.21. The van der Waals surface area contributed by atoms with Crippen LogP contribution in [0, 0.1) is 0 Å². The second kappa shape index (κ2) is 8.95. The van der Waals surface area contributed by atoms with Crippen molar-refractivity contribution in [2.75, 3.05) is 22.9 Å². The van der Waals surface area contributed by atoms with E-state index in [9.17, 15) is 13.2 Å². The predicted octanol–water partition coefficient (Wildman–Crippen LogP) is 4.65. The molecule has 33 heavy (non-hydrogen) atoms. The summed E-state index contributed by atoms with van der Waals surface area (Å²) in [7, 11) is -1.85. The minimum absolute atomic E-state index is 0.185. The molecular weight excluding hydrogens is 460 g/mol. The maximum Gasteiger partial charge on any atom is 0.265 e. The van der Waals surface area contributed by atoms with Crippen molar-refractivity contribution in [3.05, 3.63) is 70.7 Å². The van der Waals surface area contributed by atoms with Gasteiger partial charge in [0.1, 0.15) is 0 Å². The van der Waals surface area contributed by atoms with Gasteiger partial charge >= 0.3 is 0 Å². The van der Waals surface area contributed by atoms with Gasteiger partial charge < -0.3 is 9.84 Å². The van der Waals surface area contributed by atoms with Crippen molar-refractivity contribution >= 4 is 48.7 Å². The summed E-state index contributed by atoms with van der Waals surface area (Å²) in [5.41, 5.74) is 2.23. The average Bonchev–Trinajstić information content (AvgIpc) is 3.40. The fourth-order valence-corrected chi connectivity index (χ4v) is 4.62. The van der Waals surface area contributed by atoms with Crippen molar-refractivity contribution in [1.29, 1.82) is 0 Å². The van der Waals surface area contributed by atoms with Crippen LogP contribution in [-0.2, 0) is 16.4 Å². The lowest BCUT2D eigenvalue weighted by Crippen LogP contribution is -2.24. The molecule has 172 valence electrons. The van der Waals surface area contributed by atoms with E-state index in [-0.39, 0.29) is 11.8 Å². The van der Waals surface area contributed by atoms with Gasteiger partial charge in [0.05, 0.1) is 16.8 Å². The number of carbonyl (C=O) groups excluding carboxylic acids is 1. The first-order valence-corrected chi connectivity index (χ1v) is 13.0. The SMILES string of the molecule is CC(C)c1nc(Cc2ccc(NC(=O)c3cc4cc(N(C)S(C)(=O)=O)ccc4s3)cc2)no1. The molecule has 0 spiro atoms. The minimum atomic E-state index is -3.36. The van der Waals surface area contributed by atoms with Crippen LogP contribution in [0.15, 0.2) is 53.1 Å². The van der Waals surface area contributed by atoms with E-state index in [1.807, 2.05) is 44.2 Å². The van der Waals surface area contributed by atoms with E-state index in [0.29, 0.717) is 34.4 Å². The number of nitrogens with zero attached hydrogens (tertiary/aromatic N) is 3. The Morgan fingerprint density at radius 3 is 2.52 bits per heavy atom. The average molecular weight is 485 g/mol. The van der Waals surface area contributed by atoms with Gasteiger partial charge in [-0.2, -0.15) is 4.98 Å². The molecular formula is C23H24N4O4S2. The van der Waals surface area contributed by atoms with E-state index in [0.717, 1.165) is 21.9 Å². The Morgan fingerprint density at radius 2 is 1.88 bits per heavy atom. The molecule has 2 aromatic carbocycles. The third-order valence-electron chi connectivity index (χ3n) is 5.14. The first kappa shape index (κ1) is 22.9. The molecule has 2 aromatic heterocycles. The van der Waals surface area contributed by atoms with Crippen LogP contribution in [-0.4, -0.2) is 37.8 Å². The fourth-order valence-electron chi connectivity index (χ4n) is 3.18. The molecule has 0 aliphatic carbocycles. The van der Waals surface area contributed by atoms with Gasteiger partial charge in [0.15, 0.2) is 5.82 Å². The molecule has 8 nitrogen and oxygen atoms in total. The molecule has 0 fully saturated rings. The Bertz CT molecular complexity index is 1410. The molecule has 0 unspecified atom stereocenters. The van der Waals surface area contributed by atoms with Crippen molar-refractivity contribution in [3.8, 4) is 0 Å². The molecule has 0 aliphatic rings. The zero-order valence-corrected chi connectivity index (χ0v) is 20.3. The molecule has 0 bridgehead atoms. The number of benzene rings is 2. The van der Waals surface area contributed by atoms with Gasteiger partial charge in [0, 0.05) is 29.8 Å². The molecule has 1 N–H and O–H groups in total. The van der Waals surface area contributed by atoms with Gasteiger partial charge in [-0.15, -0.1) is 11.3 Å². The van der Waals surface area contributed by atoms with E-state index in [2.05, 4.69) is 15.5 Å². The molecule has 0 atom stereocenters. The summed E-state index contributed by atoms with van der Waals surface area (Å²) in [6.45, 7) is 4.00. The molecule has 0 saturated carbocycles. The summed E-state index contributed by atoms with van der Waals surface area (Å²) in [6.07, 6.45) is 1.70. The summed E-state index contributed by atoms with van der Waals surface area (Å²) >= 11 is 1.36. The summed E-state index contributed by atoms with van der Waals surface area (Å²) in [6, 6.07) is 14.6. The zero-order chi connectivity index (χ0) is 23.8. The molecule has 10 heteroatoms. The van der Waals surface area contributed by atoms with Crippen molar-refractivity contribution in [3.63, 3.8) is 0 Å².